The molecule has 0 aliphatic carbocycles. The van der Waals surface area contributed by atoms with Crippen LogP contribution in [0.2, 0.25) is 0 Å². The van der Waals surface area contributed by atoms with Crippen molar-refractivity contribution < 1.29 is 24.2 Å². The minimum Gasteiger partial charge on any atom is -0.480 e. The van der Waals surface area contributed by atoms with Crippen LogP contribution in [0.4, 0.5) is 4.79 Å². The number of hydrogen-bond donors (Lipinski definition) is 3. The van der Waals surface area contributed by atoms with Gasteiger partial charge in [0.1, 0.15) is 0 Å². The predicted octanol–water partition coefficient (Wildman–Crippen LogP) is -0.604. The van der Waals surface area contributed by atoms with Crippen molar-refractivity contribution in [2.45, 2.75) is 32.4 Å². The molecular formula is C12H21N3O5. The molecule has 3 amide bonds. The second-order valence-corrected chi connectivity index (χ2v) is 5.58. The first kappa shape index (κ1) is 16.2. The third kappa shape index (κ3) is 5.04. The van der Waals surface area contributed by atoms with E-state index in [-0.39, 0.29) is 37.7 Å². The van der Waals surface area contributed by atoms with E-state index in [9.17, 15) is 14.4 Å². The summed E-state index contributed by atoms with van der Waals surface area (Å²) in [5, 5.41) is 14.1. The van der Waals surface area contributed by atoms with Crippen LogP contribution in [0.5, 0.6) is 0 Å². The van der Waals surface area contributed by atoms with Crippen LogP contribution in [0.25, 0.3) is 0 Å². The minimum atomic E-state index is -1.13. The minimum absolute atomic E-state index is 0.0447. The first-order chi connectivity index (χ1) is 9.20. The van der Waals surface area contributed by atoms with Crippen molar-refractivity contribution in [2.24, 2.45) is 0 Å². The van der Waals surface area contributed by atoms with Crippen LogP contribution in [0, 0.1) is 0 Å². The number of carbonyl (C=O) groups excluding carboxylic acids is 2. The van der Waals surface area contributed by atoms with E-state index >= 15 is 0 Å². The van der Waals surface area contributed by atoms with Gasteiger partial charge in [-0.25, -0.2) is 9.59 Å². The van der Waals surface area contributed by atoms with Crippen molar-refractivity contribution in [2.75, 3.05) is 26.3 Å². The molecule has 1 fully saturated rings. The number of carboxylic acid groups (broad SMARTS) is 1. The molecule has 0 saturated carbocycles. The number of hydrogen-bond acceptors (Lipinski definition) is 4. The molecule has 0 radical (unpaired) electrons. The zero-order valence-electron chi connectivity index (χ0n) is 11.9. The third-order valence-electron chi connectivity index (χ3n) is 2.59. The lowest BCUT2D eigenvalue weighted by molar-refractivity contribution is -0.147. The molecule has 1 unspecified atom stereocenters. The number of amides is 3. The fourth-order valence-electron chi connectivity index (χ4n) is 1.77. The molecular weight excluding hydrogens is 266 g/mol. The first-order valence-corrected chi connectivity index (χ1v) is 6.37. The maximum Gasteiger partial charge on any atom is 0.328 e. The van der Waals surface area contributed by atoms with E-state index in [0.29, 0.717) is 0 Å². The van der Waals surface area contributed by atoms with Gasteiger partial charge in [-0.1, -0.05) is 0 Å². The highest BCUT2D eigenvalue weighted by Gasteiger charge is 2.32. The van der Waals surface area contributed by atoms with Gasteiger partial charge in [0.25, 0.3) is 0 Å². The summed E-state index contributed by atoms with van der Waals surface area (Å²) in [5.74, 6) is -1.45. The quantitative estimate of drug-likeness (QED) is 0.642. The van der Waals surface area contributed by atoms with Gasteiger partial charge in [-0.3, -0.25) is 4.79 Å². The lowest BCUT2D eigenvalue weighted by Gasteiger charge is -2.32. The number of urea groups is 1. The summed E-state index contributed by atoms with van der Waals surface area (Å²) in [4.78, 5) is 35.7. The van der Waals surface area contributed by atoms with Crippen LogP contribution < -0.4 is 10.6 Å². The smallest absolute Gasteiger partial charge is 0.328 e. The fourth-order valence-corrected chi connectivity index (χ4v) is 1.77. The lowest BCUT2D eigenvalue weighted by atomic mass is 10.1. The molecule has 0 aromatic rings. The lowest BCUT2D eigenvalue weighted by Crippen LogP contribution is -2.57. The number of carboxylic acids is 1. The zero-order chi connectivity index (χ0) is 15.3. The average Bonchev–Trinajstić information content (AvgIpc) is 2.33. The van der Waals surface area contributed by atoms with E-state index in [4.69, 9.17) is 9.84 Å². The molecule has 1 saturated heterocycles. The molecule has 0 spiro atoms. The zero-order valence-corrected chi connectivity index (χ0v) is 11.9. The van der Waals surface area contributed by atoms with E-state index in [2.05, 4.69) is 10.6 Å². The second-order valence-electron chi connectivity index (χ2n) is 5.58. The molecule has 1 aliphatic heterocycles. The van der Waals surface area contributed by atoms with Crippen molar-refractivity contribution in [1.29, 1.82) is 0 Å². The Morgan fingerprint density at radius 1 is 1.35 bits per heavy atom. The first-order valence-electron chi connectivity index (χ1n) is 6.37. The number of aliphatic carboxylic acids is 1. The maximum absolute atomic E-state index is 11.9. The topological polar surface area (TPSA) is 108 Å². The van der Waals surface area contributed by atoms with Crippen LogP contribution >= 0.6 is 0 Å². The summed E-state index contributed by atoms with van der Waals surface area (Å²) in [6.07, 6.45) is 0. The van der Waals surface area contributed by atoms with E-state index in [0.717, 1.165) is 4.90 Å². The SMILES string of the molecule is CC(C)(C)NC(=O)CNC(=O)N1CCOCC1C(=O)O. The predicted molar refractivity (Wildman–Crippen MR) is 70.2 cm³/mol. The van der Waals surface area contributed by atoms with Crippen molar-refractivity contribution in [3.63, 3.8) is 0 Å². The third-order valence-corrected chi connectivity index (χ3v) is 2.59. The highest BCUT2D eigenvalue weighted by Crippen LogP contribution is 2.07. The van der Waals surface area contributed by atoms with Gasteiger partial charge >= 0.3 is 12.0 Å². The number of nitrogens with one attached hydrogen (secondary N) is 2. The molecule has 114 valence electrons. The van der Waals surface area contributed by atoms with Crippen LogP contribution in [-0.4, -0.2) is 65.8 Å². The summed E-state index contributed by atoms with van der Waals surface area (Å²) in [5.41, 5.74) is -0.385. The van der Waals surface area contributed by atoms with Gasteiger partial charge in [-0.05, 0) is 20.8 Å². The maximum atomic E-state index is 11.9. The van der Waals surface area contributed by atoms with E-state index in [1.54, 1.807) is 0 Å². The van der Waals surface area contributed by atoms with Gasteiger partial charge in [-0.2, -0.15) is 0 Å². The molecule has 0 aromatic carbocycles. The Kier molecular flexibility index (Phi) is 5.32. The molecule has 1 heterocycles. The monoisotopic (exact) mass is 287 g/mol. The van der Waals surface area contributed by atoms with Gasteiger partial charge < -0.3 is 25.4 Å². The van der Waals surface area contributed by atoms with E-state index in [1.807, 2.05) is 20.8 Å². The Morgan fingerprint density at radius 3 is 2.55 bits per heavy atom. The Labute approximate surface area is 117 Å². The molecule has 1 aliphatic rings. The molecule has 20 heavy (non-hydrogen) atoms. The Balaban J connectivity index is 2.49. The van der Waals surface area contributed by atoms with Gasteiger partial charge in [-0.15, -0.1) is 0 Å². The normalized spacial score (nSPS) is 19.4. The summed E-state index contributed by atoms with van der Waals surface area (Å²) < 4.78 is 5.03. The highest BCUT2D eigenvalue weighted by molar-refractivity contribution is 5.87. The van der Waals surface area contributed by atoms with Gasteiger partial charge in [0.05, 0.1) is 19.8 Å². The molecule has 8 heteroatoms. The van der Waals surface area contributed by atoms with Crippen LogP contribution in [-0.2, 0) is 14.3 Å². The Hall–Kier alpha value is -1.83. The van der Waals surface area contributed by atoms with Gasteiger partial charge in [0.2, 0.25) is 5.91 Å². The van der Waals surface area contributed by atoms with E-state index < -0.39 is 18.0 Å². The standard InChI is InChI=1S/C12H21N3O5/c1-12(2,3)14-9(16)6-13-11(19)15-4-5-20-7-8(15)10(17)18/h8H,4-7H2,1-3H3,(H,13,19)(H,14,16)(H,17,18). The highest BCUT2D eigenvalue weighted by atomic mass is 16.5. The largest absolute Gasteiger partial charge is 0.480 e. The number of morpholine rings is 1. The van der Waals surface area contributed by atoms with Crippen LogP contribution in [0.3, 0.4) is 0 Å². The number of carbonyl (C=O) groups is 3. The van der Waals surface area contributed by atoms with Crippen molar-refractivity contribution >= 4 is 17.9 Å². The van der Waals surface area contributed by atoms with E-state index in [1.165, 1.54) is 0 Å². The summed E-state index contributed by atoms with van der Waals surface area (Å²) in [7, 11) is 0. The molecule has 8 nitrogen and oxygen atoms in total. The number of nitrogens with zero attached hydrogens (tertiary/aromatic N) is 1. The average molecular weight is 287 g/mol. The molecule has 1 rings (SSSR count). The molecule has 3 N–H and O–H groups in total. The van der Waals surface area contributed by atoms with Crippen LogP contribution in [0.1, 0.15) is 20.8 Å². The number of rotatable bonds is 3. The van der Waals surface area contributed by atoms with Crippen molar-refractivity contribution in [3.8, 4) is 0 Å². The number of ether oxygens (including phenoxy) is 1. The van der Waals surface area contributed by atoms with Crippen LogP contribution in [0.15, 0.2) is 0 Å². The van der Waals surface area contributed by atoms with Crippen molar-refractivity contribution in [1.82, 2.24) is 15.5 Å². The van der Waals surface area contributed by atoms with Gasteiger partial charge in [0, 0.05) is 12.1 Å². The molecule has 1 atom stereocenters. The Morgan fingerprint density at radius 2 is 2.00 bits per heavy atom. The van der Waals surface area contributed by atoms with Gasteiger partial charge in [0.15, 0.2) is 6.04 Å². The molecule has 0 bridgehead atoms. The van der Waals surface area contributed by atoms with Crippen molar-refractivity contribution in [3.05, 3.63) is 0 Å². The summed E-state index contributed by atoms with van der Waals surface area (Å²) in [6, 6.07) is -1.60. The summed E-state index contributed by atoms with van der Waals surface area (Å²) in [6.45, 7) is 5.71. The summed E-state index contributed by atoms with van der Waals surface area (Å²) >= 11 is 0. The Bertz CT molecular complexity index is 391. The second kappa shape index (κ2) is 6.56. The molecule has 0 aromatic heterocycles. The fraction of sp³-hybridized carbons (Fsp3) is 0.750.